The van der Waals surface area contributed by atoms with E-state index in [1.807, 2.05) is 18.2 Å². The Morgan fingerprint density at radius 2 is 2.05 bits per heavy atom. The van der Waals surface area contributed by atoms with Gasteiger partial charge in [-0.3, -0.25) is 0 Å². The summed E-state index contributed by atoms with van der Waals surface area (Å²) >= 11 is 0. The summed E-state index contributed by atoms with van der Waals surface area (Å²) in [5.74, 6) is 2.35. The van der Waals surface area contributed by atoms with Gasteiger partial charge in [0.2, 0.25) is 11.7 Å². The topological polar surface area (TPSA) is 60.2 Å². The lowest BCUT2D eigenvalue weighted by Gasteiger charge is -2.30. The molecule has 5 nitrogen and oxygen atoms in total. The van der Waals surface area contributed by atoms with Crippen molar-refractivity contribution < 1.29 is 9.26 Å². The predicted octanol–water partition coefficient (Wildman–Crippen LogP) is 2.39. The molecule has 3 heterocycles. The molecule has 1 atom stereocenters. The molecule has 1 saturated heterocycles. The molecule has 5 heteroatoms. The van der Waals surface area contributed by atoms with Gasteiger partial charge in [-0.15, -0.1) is 0 Å². The van der Waals surface area contributed by atoms with Gasteiger partial charge in [0.1, 0.15) is 5.75 Å². The van der Waals surface area contributed by atoms with Gasteiger partial charge < -0.3 is 14.6 Å². The molecule has 0 saturated carbocycles. The first-order valence-electron chi connectivity index (χ1n) is 7.54. The molecular weight excluding hydrogens is 266 g/mol. The third kappa shape index (κ3) is 2.21. The van der Waals surface area contributed by atoms with Gasteiger partial charge in [-0.1, -0.05) is 30.3 Å². The van der Waals surface area contributed by atoms with Gasteiger partial charge in [0, 0.05) is 11.8 Å². The molecule has 1 N–H and O–H groups in total. The number of para-hydroxylation sites is 1. The lowest BCUT2D eigenvalue weighted by molar-refractivity contribution is 0.216. The summed E-state index contributed by atoms with van der Waals surface area (Å²) in [6.07, 6.45) is 2.75. The summed E-state index contributed by atoms with van der Waals surface area (Å²) in [7, 11) is 0. The van der Waals surface area contributed by atoms with Crippen molar-refractivity contribution in [1.82, 2.24) is 15.5 Å². The van der Waals surface area contributed by atoms with Crippen LogP contribution in [0.5, 0.6) is 5.75 Å². The number of fused-ring (bicyclic) bond motifs is 1. The molecule has 1 aromatic heterocycles. The van der Waals surface area contributed by atoms with E-state index in [0.717, 1.165) is 44.0 Å². The molecule has 4 rings (SSSR count). The van der Waals surface area contributed by atoms with Gasteiger partial charge in [-0.2, -0.15) is 4.98 Å². The Hall–Kier alpha value is -1.88. The van der Waals surface area contributed by atoms with E-state index in [0.29, 0.717) is 5.82 Å². The highest BCUT2D eigenvalue weighted by molar-refractivity contribution is 5.38. The zero-order valence-electron chi connectivity index (χ0n) is 12.1. The summed E-state index contributed by atoms with van der Waals surface area (Å²) in [6, 6.07) is 8.09. The van der Waals surface area contributed by atoms with Crippen LogP contribution < -0.4 is 10.1 Å². The van der Waals surface area contributed by atoms with Crippen LogP contribution in [0.2, 0.25) is 0 Å². The van der Waals surface area contributed by atoms with Crippen LogP contribution in [-0.2, 0) is 11.8 Å². The molecule has 1 unspecified atom stereocenters. The van der Waals surface area contributed by atoms with Gasteiger partial charge in [0.25, 0.3) is 0 Å². The molecule has 2 aliphatic heterocycles. The van der Waals surface area contributed by atoms with E-state index < -0.39 is 0 Å². The third-order valence-corrected chi connectivity index (χ3v) is 4.60. The van der Waals surface area contributed by atoms with Crippen molar-refractivity contribution in [3.8, 4) is 5.75 Å². The van der Waals surface area contributed by atoms with Crippen LogP contribution in [0, 0.1) is 0 Å². The zero-order valence-corrected chi connectivity index (χ0v) is 12.1. The standard InChI is InChI=1S/C16H19N3O2/c1-16(6-8-17-9-7-16)15-18-14(19-21-15)13-10-11-4-2-3-5-12(11)20-13/h2-5,13,17H,6-10H2,1H3. The van der Waals surface area contributed by atoms with Gasteiger partial charge in [-0.05, 0) is 37.6 Å². The number of nitrogens with one attached hydrogen (secondary N) is 1. The molecule has 110 valence electrons. The number of hydrogen-bond donors (Lipinski definition) is 1. The maximum absolute atomic E-state index is 5.93. The second-order valence-corrected chi connectivity index (χ2v) is 6.19. The Labute approximate surface area is 123 Å². The second kappa shape index (κ2) is 4.84. The van der Waals surface area contributed by atoms with E-state index >= 15 is 0 Å². The lowest BCUT2D eigenvalue weighted by atomic mass is 9.81. The largest absolute Gasteiger partial charge is 0.482 e. The van der Waals surface area contributed by atoms with Crippen molar-refractivity contribution in [2.24, 2.45) is 0 Å². The fourth-order valence-electron chi connectivity index (χ4n) is 3.13. The minimum absolute atomic E-state index is 0.0119. The van der Waals surface area contributed by atoms with E-state index in [1.54, 1.807) is 0 Å². The Bertz CT molecular complexity index is 621. The summed E-state index contributed by atoms with van der Waals surface area (Å²) < 4.78 is 11.5. The average molecular weight is 285 g/mol. The van der Waals surface area contributed by atoms with Gasteiger partial charge in [-0.25, -0.2) is 0 Å². The first-order chi connectivity index (χ1) is 10.2. The number of hydrogen-bond acceptors (Lipinski definition) is 5. The Balaban J connectivity index is 1.56. The molecule has 0 aliphatic carbocycles. The number of ether oxygens (including phenoxy) is 1. The molecule has 21 heavy (non-hydrogen) atoms. The highest BCUT2D eigenvalue weighted by Gasteiger charge is 2.36. The first-order valence-corrected chi connectivity index (χ1v) is 7.54. The molecule has 0 spiro atoms. The summed E-state index contributed by atoms with van der Waals surface area (Å²) in [5, 5.41) is 7.54. The maximum Gasteiger partial charge on any atom is 0.232 e. The van der Waals surface area contributed by atoms with Crippen molar-refractivity contribution in [2.45, 2.75) is 37.7 Å². The quantitative estimate of drug-likeness (QED) is 0.918. The van der Waals surface area contributed by atoms with Gasteiger partial charge in [0.15, 0.2) is 6.10 Å². The average Bonchev–Trinajstić information content (AvgIpc) is 3.15. The third-order valence-electron chi connectivity index (χ3n) is 4.60. The Kier molecular flexibility index (Phi) is 2.96. The van der Waals surface area contributed by atoms with E-state index in [1.165, 1.54) is 5.56 Å². The molecule has 0 radical (unpaired) electrons. The van der Waals surface area contributed by atoms with E-state index in [2.05, 4.69) is 28.4 Å². The van der Waals surface area contributed by atoms with Crippen LogP contribution in [-0.4, -0.2) is 23.2 Å². The van der Waals surface area contributed by atoms with Gasteiger partial charge in [0.05, 0.1) is 0 Å². The number of rotatable bonds is 2. The summed E-state index contributed by atoms with van der Waals surface area (Å²) in [5.41, 5.74) is 1.20. The van der Waals surface area contributed by atoms with Crippen molar-refractivity contribution in [2.75, 3.05) is 13.1 Å². The zero-order chi connectivity index (χ0) is 14.3. The summed E-state index contributed by atoms with van der Waals surface area (Å²) in [6.45, 7) is 4.20. The minimum atomic E-state index is -0.120. The Morgan fingerprint density at radius 3 is 2.86 bits per heavy atom. The number of benzene rings is 1. The van der Waals surface area contributed by atoms with Crippen LogP contribution in [0.1, 0.15) is 43.1 Å². The lowest BCUT2D eigenvalue weighted by Crippen LogP contribution is -2.37. The van der Waals surface area contributed by atoms with Crippen molar-refractivity contribution in [3.63, 3.8) is 0 Å². The van der Waals surface area contributed by atoms with Crippen LogP contribution in [0.3, 0.4) is 0 Å². The van der Waals surface area contributed by atoms with Crippen LogP contribution >= 0.6 is 0 Å². The highest BCUT2D eigenvalue weighted by atomic mass is 16.5. The molecule has 1 fully saturated rings. The maximum atomic E-state index is 5.93. The van der Waals surface area contributed by atoms with Gasteiger partial charge >= 0.3 is 0 Å². The first kappa shape index (κ1) is 12.8. The molecule has 0 amide bonds. The molecule has 0 bridgehead atoms. The number of piperidine rings is 1. The highest BCUT2D eigenvalue weighted by Crippen LogP contribution is 2.37. The van der Waals surface area contributed by atoms with E-state index in [4.69, 9.17) is 9.26 Å². The Morgan fingerprint density at radius 1 is 1.24 bits per heavy atom. The monoisotopic (exact) mass is 285 g/mol. The molecule has 2 aromatic rings. The normalized spacial score (nSPS) is 23.6. The van der Waals surface area contributed by atoms with E-state index in [9.17, 15) is 0 Å². The SMILES string of the molecule is CC1(c2nc(C3Cc4ccccc4O3)no2)CCNCC1. The van der Waals surface area contributed by atoms with Crippen LogP contribution in [0.4, 0.5) is 0 Å². The fraction of sp³-hybridized carbons (Fsp3) is 0.500. The van der Waals surface area contributed by atoms with E-state index in [-0.39, 0.29) is 11.5 Å². The van der Waals surface area contributed by atoms with Crippen LogP contribution in [0.15, 0.2) is 28.8 Å². The van der Waals surface area contributed by atoms with Crippen molar-refractivity contribution in [1.29, 1.82) is 0 Å². The number of aromatic nitrogens is 2. The second-order valence-electron chi connectivity index (χ2n) is 6.19. The number of nitrogens with zero attached hydrogens (tertiary/aromatic N) is 2. The molecule has 2 aliphatic rings. The minimum Gasteiger partial charge on any atom is -0.482 e. The predicted molar refractivity (Wildman–Crippen MR) is 77.3 cm³/mol. The molecular formula is C16H19N3O2. The van der Waals surface area contributed by atoms with Crippen molar-refractivity contribution >= 4 is 0 Å². The summed E-state index contributed by atoms with van der Waals surface area (Å²) in [4.78, 5) is 4.64. The smallest absolute Gasteiger partial charge is 0.232 e. The van der Waals surface area contributed by atoms with Crippen molar-refractivity contribution in [3.05, 3.63) is 41.5 Å². The molecule has 1 aromatic carbocycles. The fourth-order valence-corrected chi connectivity index (χ4v) is 3.13. The van der Waals surface area contributed by atoms with Crippen LogP contribution in [0.25, 0.3) is 0 Å².